The molecule has 1 aromatic carbocycles. The van der Waals surface area contributed by atoms with Crippen molar-refractivity contribution in [1.82, 2.24) is 20.5 Å². The average molecular weight is 393 g/mol. The molecule has 1 fully saturated rings. The highest BCUT2D eigenvalue weighted by Crippen LogP contribution is 2.32. The summed E-state index contributed by atoms with van der Waals surface area (Å²) in [6, 6.07) is 13.1. The Bertz CT molecular complexity index is 824. The van der Waals surface area contributed by atoms with Crippen LogP contribution in [-0.4, -0.2) is 62.7 Å². The van der Waals surface area contributed by atoms with E-state index in [1.807, 2.05) is 13.2 Å². The molecule has 1 aliphatic heterocycles. The van der Waals surface area contributed by atoms with Crippen molar-refractivity contribution in [2.75, 3.05) is 51.7 Å². The minimum absolute atomic E-state index is 0.564. The largest absolute Gasteiger partial charge is 0.356 e. The summed E-state index contributed by atoms with van der Waals surface area (Å²) >= 11 is 0. The van der Waals surface area contributed by atoms with E-state index in [9.17, 15) is 0 Å². The van der Waals surface area contributed by atoms with Gasteiger partial charge in [-0.25, -0.2) is 4.98 Å². The predicted octanol–water partition coefficient (Wildman–Crippen LogP) is 2.23. The molecule has 29 heavy (non-hydrogen) atoms. The third-order valence-corrected chi connectivity index (χ3v) is 6.09. The second kappa shape index (κ2) is 9.27. The molecule has 1 unspecified atom stereocenters. The lowest BCUT2D eigenvalue weighted by Crippen LogP contribution is -2.44. The summed E-state index contributed by atoms with van der Waals surface area (Å²) in [6.45, 7) is 5.91. The third kappa shape index (κ3) is 4.88. The number of piperazine rings is 1. The van der Waals surface area contributed by atoms with Crippen molar-refractivity contribution in [3.05, 3.63) is 59.3 Å². The van der Waals surface area contributed by atoms with Crippen molar-refractivity contribution in [3.8, 4) is 0 Å². The van der Waals surface area contributed by atoms with Gasteiger partial charge in [-0.05, 0) is 42.6 Å². The van der Waals surface area contributed by atoms with Gasteiger partial charge >= 0.3 is 0 Å². The minimum atomic E-state index is 0.564. The van der Waals surface area contributed by atoms with Crippen LogP contribution in [-0.2, 0) is 13.0 Å². The molecule has 1 aliphatic carbocycles. The van der Waals surface area contributed by atoms with Crippen LogP contribution in [0.15, 0.2) is 47.6 Å². The quantitative estimate of drug-likeness (QED) is 0.604. The van der Waals surface area contributed by atoms with Crippen molar-refractivity contribution in [2.45, 2.75) is 25.3 Å². The van der Waals surface area contributed by atoms with Crippen molar-refractivity contribution in [1.29, 1.82) is 0 Å². The van der Waals surface area contributed by atoms with Crippen LogP contribution in [0.1, 0.15) is 29.0 Å². The first-order valence-electron chi connectivity index (χ1n) is 10.6. The first-order valence-corrected chi connectivity index (χ1v) is 10.6. The SMILES string of the molecule is CN=C(NCc1ccc(N2CCN(C)CC2)nc1)NCC1CCc2ccccc21. The molecule has 0 amide bonds. The fourth-order valence-electron chi connectivity index (χ4n) is 4.23. The molecular formula is C23H32N6. The van der Waals surface area contributed by atoms with Gasteiger partial charge in [0.1, 0.15) is 5.82 Å². The summed E-state index contributed by atoms with van der Waals surface area (Å²) < 4.78 is 0. The summed E-state index contributed by atoms with van der Waals surface area (Å²) in [4.78, 5) is 13.8. The number of hydrogen-bond acceptors (Lipinski definition) is 4. The number of nitrogens with zero attached hydrogens (tertiary/aromatic N) is 4. The van der Waals surface area contributed by atoms with E-state index >= 15 is 0 Å². The highest BCUT2D eigenvalue weighted by Gasteiger charge is 2.21. The lowest BCUT2D eigenvalue weighted by molar-refractivity contribution is 0.312. The minimum Gasteiger partial charge on any atom is -0.356 e. The van der Waals surface area contributed by atoms with Crippen LogP contribution in [0.25, 0.3) is 0 Å². The van der Waals surface area contributed by atoms with Crippen LogP contribution in [0.3, 0.4) is 0 Å². The topological polar surface area (TPSA) is 55.8 Å². The number of likely N-dealkylation sites (N-methyl/N-ethyl adjacent to an activating group) is 1. The molecule has 1 atom stereocenters. The van der Waals surface area contributed by atoms with E-state index < -0.39 is 0 Å². The van der Waals surface area contributed by atoms with E-state index in [4.69, 9.17) is 0 Å². The lowest BCUT2D eigenvalue weighted by Gasteiger charge is -2.33. The van der Waals surface area contributed by atoms with Gasteiger partial charge in [0, 0.05) is 58.4 Å². The zero-order chi connectivity index (χ0) is 20.1. The molecule has 2 aliphatic rings. The number of pyridine rings is 1. The van der Waals surface area contributed by atoms with Gasteiger partial charge in [-0.15, -0.1) is 0 Å². The summed E-state index contributed by atoms with van der Waals surface area (Å²) in [5.74, 6) is 2.48. The number of anilines is 1. The molecule has 2 aromatic rings. The number of benzene rings is 1. The van der Waals surface area contributed by atoms with Crippen molar-refractivity contribution in [2.24, 2.45) is 4.99 Å². The third-order valence-electron chi connectivity index (χ3n) is 6.09. The van der Waals surface area contributed by atoms with Gasteiger partial charge in [0.05, 0.1) is 0 Å². The first kappa shape index (κ1) is 19.7. The number of nitrogens with one attached hydrogen (secondary N) is 2. The highest BCUT2D eigenvalue weighted by atomic mass is 15.3. The van der Waals surface area contributed by atoms with Crippen LogP contribution < -0.4 is 15.5 Å². The number of aliphatic imine (C=N–C) groups is 1. The molecule has 0 saturated carbocycles. The fraction of sp³-hybridized carbons (Fsp3) is 0.478. The lowest BCUT2D eigenvalue weighted by atomic mass is 10.0. The molecular weight excluding hydrogens is 360 g/mol. The second-order valence-electron chi connectivity index (χ2n) is 8.06. The van der Waals surface area contributed by atoms with E-state index in [1.54, 1.807) is 0 Å². The fourth-order valence-corrected chi connectivity index (χ4v) is 4.23. The predicted molar refractivity (Wildman–Crippen MR) is 120 cm³/mol. The van der Waals surface area contributed by atoms with Gasteiger partial charge in [0.15, 0.2) is 5.96 Å². The highest BCUT2D eigenvalue weighted by molar-refractivity contribution is 5.79. The number of hydrogen-bond donors (Lipinski definition) is 2. The van der Waals surface area contributed by atoms with E-state index in [2.05, 4.69) is 73.9 Å². The Hall–Kier alpha value is -2.60. The normalized spacial score (nSPS) is 19.9. The van der Waals surface area contributed by atoms with Gasteiger partial charge in [0.25, 0.3) is 0 Å². The Labute approximate surface area is 174 Å². The van der Waals surface area contributed by atoms with Gasteiger partial charge in [0.2, 0.25) is 0 Å². The summed E-state index contributed by atoms with van der Waals surface area (Å²) in [6.07, 6.45) is 4.36. The van der Waals surface area contributed by atoms with Crippen LogP contribution in [0.4, 0.5) is 5.82 Å². The molecule has 2 heterocycles. The molecule has 6 heteroatoms. The van der Waals surface area contributed by atoms with Gasteiger partial charge < -0.3 is 20.4 Å². The zero-order valence-corrected chi connectivity index (χ0v) is 17.6. The molecule has 1 saturated heterocycles. The van der Waals surface area contributed by atoms with Crippen molar-refractivity contribution >= 4 is 11.8 Å². The van der Waals surface area contributed by atoms with E-state index in [-0.39, 0.29) is 0 Å². The van der Waals surface area contributed by atoms with Gasteiger partial charge in [-0.2, -0.15) is 0 Å². The van der Waals surface area contributed by atoms with E-state index in [1.165, 1.54) is 24.0 Å². The Morgan fingerprint density at radius 2 is 1.93 bits per heavy atom. The molecule has 2 N–H and O–H groups in total. The maximum absolute atomic E-state index is 4.67. The molecule has 6 nitrogen and oxygen atoms in total. The average Bonchev–Trinajstić information content (AvgIpc) is 3.18. The number of aromatic nitrogens is 1. The molecule has 154 valence electrons. The molecule has 0 spiro atoms. The van der Waals surface area contributed by atoms with E-state index in [0.29, 0.717) is 5.92 Å². The van der Waals surface area contributed by atoms with Crippen LogP contribution in [0, 0.1) is 0 Å². The maximum Gasteiger partial charge on any atom is 0.191 e. The number of fused-ring (bicyclic) bond motifs is 1. The Morgan fingerprint density at radius 1 is 1.10 bits per heavy atom. The smallest absolute Gasteiger partial charge is 0.191 e. The zero-order valence-electron chi connectivity index (χ0n) is 17.6. The Kier molecular flexibility index (Phi) is 6.30. The summed E-state index contributed by atoms with van der Waals surface area (Å²) in [5.41, 5.74) is 4.14. The summed E-state index contributed by atoms with van der Waals surface area (Å²) in [5, 5.41) is 6.91. The van der Waals surface area contributed by atoms with Crippen LogP contribution >= 0.6 is 0 Å². The van der Waals surface area contributed by atoms with E-state index in [0.717, 1.165) is 56.6 Å². The van der Waals surface area contributed by atoms with Crippen LogP contribution in [0.5, 0.6) is 0 Å². The Balaban J connectivity index is 1.26. The standard InChI is InChI=1S/C23H32N6/c1-24-23(27-17-20-9-8-19-5-3-4-6-21(19)20)26-16-18-7-10-22(25-15-18)29-13-11-28(2)12-14-29/h3-7,10,15,20H,8-9,11-14,16-17H2,1-2H3,(H2,24,26,27). The number of rotatable bonds is 5. The molecule has 4 rings (SSSR count). The maximum atomic E-state index is 4.67. The van der Waals surface area contributed by atoms with Crippen molar-refractivity contribution in [3.63, 3.8) is 0 Å². The molecule has 1 aromatic heterocycles. The number of aryl methyl sites for hydroxylation is 1. The van der Waals surface area contributed by atoms with Crippen LogP contribution in [0.2, 0.25) is 0 Å². The first-order chi connectivity index (χ1) is 14.2. The van der Waals surface area contributed by atoms with Gasteiger partial charge in [-0.1, -0.05) is 30.3 Å². The van der Waals surface area contributed by atoms with Gasteiger partial charge in [-0.3, -0.25) is 4.99 Å². The summed E-state index contributed by atoms with van der Waals surface area (Å²) in [7, 11) is 4.00. The Morgan fingerprint density at radius 3 is 2.69 bits per heavy atom. The number of guanidine groups is 1. The second-order valence-corrected chi connectivity index (χ2v) is 8.06. The van der Waals surface area contributed by atoms with Crippen molar-refractivity contribution < 1.29 is 0 Å². The molecule has 0 bridgehead atoms. The molecule has 0 radical (unpaired) electrons. The monoisotopic (exact) mass is 392 g/mol.